The molecule has 112 valence electrons. The van der Waals surface area contributed by atoms with Crippen LogP contribution in [0.3, 0.4) is 0 Å². The number of aryl methyl sites for hydroxylation is 1. The number of benzene rings is 1. The van der Waals surface area contributed by atoms with Crippen molar-refractivity contribution in [2.24, 2.45) is 0 Å². The number of carbonyl (C=O) groups is 1. The van der Waals surface area contributed by atoms with Crippen LogP contribution in [0.15, 0.2) is 30.5 Å². The maximum absolute atomic E-state index is 11.8. The Hall–Kier alpha value is -2.25. The number of nitrogens with zero attached hydrogens (tertiary/aromatic N) is 3. The number of hydroxylamine groups is 1. The summed E-state index contributed by atoms with van der Waals surface area (Å²) in [5.41, 5.74) is 4.35. The van der Waals surface area contributed by atoms with Crippen LogP contribution in [-0.2, 0) is 11.3 Å². The first kappa shape index (κ1) is 15.1. The van der Waals surface area contributed by atoms with Gasteiger partial charge in [0, 0.05) is 0 Å². The first-order valence-corrected chi connectivity index (χ1v) is 6.72. The summed E-state index contributed by atoms with van der Waals surface area (Å²) in [6, 6.07) is 7.78. The number of aliphatic hydroxyl groups is 1. The second-order valence-corrected chi connectivity index (χ2v) is 4.62. The monoisotopic (exact) mass is 290 g/mol. The van der Waals surface area contributed by atoms with Crippen LogP contribution >= 0.6 is 0 Å². The molecule has 21 heavy (non-hydrogen) atoms. The fraction of sp³-hybridized carbons (Fsp3) is 0.357. The number of hydrogen-bond donors (Lipinski definition) is 2. The van der Waals surface area contributed by atoms with Crippen LogP contribution in [0.5, 0.6) is 0 Å². The SMILES string of the molecule is CCc1ccccc1-n1cc(C(=O)NOCC(C)O)nn1. The molecule has 7 heteroatoms. The summed E-state index contributed by atoms with van der Waals surface area (Å²) in [5, 5.41) is 16.8. The molecule has 0 aliphatic rings. The summed E-state index contributed by atoms with van der Waals surface area (Å²) in [4.78, 5) is 16.6. The summed E-state index contributed by atoms with van der Waals surface area (Å²) < 4.78 is 1.56. The standard InChI is InChI=1S/C14H18N4O3/c1-3-11-6-4-5-7-13(11)18-8-12(15-17-18)14(20)16-21-9-10(2)19/h4-8,10,19H,3,9H2,1-2H3,(H,16,20). The summed E-state index contributed by atoms with van der Waals surface area (Å²) in [7, 11) is 0. The normalized spacial score (nSPS) is 12.1. The lowest BCUT2D eigenvalue weighted by Gasteiger charge is -2.06. The molecule has 7 nitrogen and oxygen atoms in total. The third-order valence-electron chi connectivity index (χ3n) is 2.83. The number of para-hydroxylation sites is 1. The van der Waals surface area contributed by atoms with E-state index in [9.17, 15) is 4.79 Å². The molecule has 1 amide bonds. The van der Waals surface area contributed by atoms with Crippen molar-refractivity contribution >= 4 is 5.91 Å². The Morgan fingerprint density at radius 3 is 2.95 bits per heavy atom. The Balaban J connectivity index is 2.09. The number of aliphatic hydroxyl groups excluding tert-OH is 1. The van der Waals surface area contributed by atoms with E-state index < -0.39 is 12.0 Å². The van der Waals surface area contributed by atoms with Crippen LogP contribution in [0.1, 0.15) is 29.9 Å². The molecule has 0 spiro atoms. The molecule has 0 aliphatic carbocycles. The van der Waals surface area contributed by atoms with E-state index >= 15 is 0 Å². The molecule has 1 aromatic heterocycles. The highest BCUT2D eigenvalue weighted by Gasteiger charge is 2.13. The van der Waals surface area contributed by atoms with E-state index in [2.05, 4.69) is 15.8 Å². The van der Waals surface area contributed by atoms with Gasteiger partial charge in [0.2, 0.25) is 0 Å². The molecule has 1 atom stereocenters. The number of aromatic nitrogens is 3. The number of hydrogen-bond acceptors (Lipinski definition) is 5. The van der Waals surface area contributed by atoms with E-state index in [-0.39, 0.29) is 12.3 Å². The van der Waals surface area contributed by atoms with Crippen LogP contribution in [0.25, 0.3) is 5.69 Å². The fourth-order valence-corrected chi connectivity index (χ4v) is 1.80. The summed E-state index contributed by atoms with van der Waals surface area (Å²) >= 11 is 0. The lowest BCUT2D eigenvalue weighted by molar-refractivity contribution is -0.00712. The van der Waals surface area contributed by atoms with Crippen molar-refractivity contribution < 1.29 is 14.7 Å². The second kappa shape index (κ2) is 6.96. The quantitative estimate of drug-likeness (QED) is 0.771. The van der Waals surface area contributed by atoms with Crippen molar-refractivity contribution in [3.05, 3.63) is 41.7 Å². The van der Waals surface area contributed by atoms with E-state index in [1.807, 2.05) is 31.2 Å². The van der Waals surface area contributed by atoms with Gasteiger partial charge in [0.15, 0.2) is 5.69 Å². The van der Waals surface area contributed by atoms with E-state index in [0.717, 1.165) is 17.7 Å². The smallest absolute Gasteiger partial charge is 0.297 e. The van der Waals surface area contributed by atoms with Gasteiger partial charge >= 0.3 is 0 Å². The topological polar surface area (TPSA) is 89.3 Å². The van der Waals surface area contributed by atoms with Gasteiger partial charge in [-0.05, 0) is 25.0 Å². The van der Waals surface area contributed by atoms with Gasteiger partial charge in [-0.2, -0.15) is 0 Å². The molecule has 0 aliphatic heterocycles. The molecule has 0 radical (unpaired) electrons. The largest absolute Gasteiger partial charge is 0.391 e. The highest BCUT2D eigenvalue weighted by atomic mass is 16.7. The van der Waals surface area contributed by atoms with Gasteiger partial charge in [0.25, 0.3) is 5.91 Å². The first-order chi connectivity index (χ1) is 10.1. The summed E-state index contributed by atoms with van der Waals surface area (Å²) in [5.74, 6) is -0.504. The Morgan fingerprint density at radius 1 is 1.48 bits per heavy atom. The molecule has 0 bridgehead atoms. The number of rotatable bonds is 6. The molecular formula is C14H18N4O3. The zero-order valence-corrected chi connectivity index (χ0v) is 12.0. The molecule has 0 fully saturated rings. The van der Waals surface area contributed by atoms with Crippen LogP contribution in [0.2, 0.25) is 0 Å². The van der Waals surface area contributed by atoms with Crippen LogP contribution in [0.4, 0.5) is 0 Å². The predicted molar refractivity (Wildman–Crippen MR) is 75.8 cm³/mol. The van der Waals surface area contributed by atoms with Crippen molar-refractivity contribution in [1.82, 2.24) is 20.5 Å². The molecule has 1 heterocycles. The summed E-state index contributed by atoms with van der Waals surface area (Å²) in [6.07, 6.45) is 1.74. The minimum atomic E-state index is -0.655. The third kappa shape index (κ3) is 3.87. The maximum Gasteiger partial charge on any atom is 0.297 e. The fourth-order valence-electron chi connectivity index (χ4n) is 1.80. The van der Waals surface area contributed by atoms with Gasteiger partial charge in [-0.3, -0.25) is 9.63 Å². The van der Waals surface area contributed by atoms with E-state index in [1.54, 1.807) is 11.6 Å². The zero-order valence-electron chi connectivity index (χ0n) is 12.0. The minimum absolute atomic E-state index is 0.0124. The van der Waals surface area contributed by atoms with Gasteiger partial charge in [0.05, 0.1) is 18.0 Å². The van der Waals surface area contributed by atoms with Crippen molar-refractivity contribution in [1.29, 1.82) is 0 Å². The Morgan fingerprint density at radius 2 is 2.24 bits per heavy atom. The highest BCUT2D eigenvalue weighted by molar-refractivity contribution is 5.91. The number of nitrogens with one attached hydrogen (secondary N) is 1. The Bertz CT molecular complexity index is 610. The molecule has 1 aromatic carbocycles. The molecule has 0 saturated carbocycles. The number of carbonyl (C=O) groups excluding carboxylic acids is 1. The van der Waals surface area contributed by atoms with E-state index in [0.29, 0.717) is 0 Å². The van der Waals surface area contributed by atoms with E-state index in [4.69, 9.17) is 9.94 Å². The highest BCUT2D eigenvalue weighted by Crippen LogP contribution is 2.14. The van der Waals surface area contributed by atoms with Gasteiger partial charge in [-0.15, -0.1) is 5.10 Å². The molecule has 2 aromatic rings. The minimum Gasteiger partial charge on any atom is -0.391 e. The maximum atomic E-state index is 11.8. The van der Waals surface area contributed by atoms with Crippen molar-refractivity contribution in [3.8, 4) is 5.69 Å². The molecule has 1 unspecified atom stereocenters. The van der Waals surface area contributed by atoms with Crippen molar-refractivity contribution in [2.45, 2.75) is 26.4 Å². The molecule has 0 saturated heterocycles. The van der Waals surface area contributed by atoms with Crippen molar-refractivity contribution in [2.75, 3.05) is 6.61 Å². The van der Waals surface area contributed by atoms with Gasteiger partial charge in [-0.25, -0.2) is 10.2 Å². The molecular weight excluding hydrogens is 272 g/mol. The molecule has 2 N–H and O–H groups in total. The second-order valence-electron chi connectivity index (χ2n) is 4.62. The first-order valence-electron chi connectivity index (χ1n) is 6.72. The van der Waals surface area contributed by atoms with E-state index in [1.165, 1.54) is 6.20 Å². The zero-order chi connectivity index (χ0) is 15.2. The lowest BCUT2D eigenvalue weighted by Crippen LogP contribution is -2.27. The summed E-state index contributed by atoms with van der Waals surface area (Å²) in [6.45, 7) is 3.62. The Kier molecular flexibility index (Phi) is 5.02. The average molecular weight is 290 g/mol. The Labute approximate surface area is 122 Å². The van der Waals surface area contributed by atoms with Gasteiger partial charge in [-0.1, -0.05) is 30.3 Å². The average Bonchev–Trinajstić information content (AvgIpc) is 2.96. The predicted octanol–water partition coefficient (Wildman–Crippen LogP) is 0.872. The van der Waals surface area contributed by atoms with Gasteiger partial charge < -0.3 is 5.11 Å². The number of amides is 1. The third-order valence-corrected chi connectivity index (χ3v) is 2.83. The van der Waals surface area contributed by atoms with Crippen LogP contribution in [0, 0.1) is 0 Å². The molecule has 2 rings (SSSR count). The van der Waals surface area contributed by atoms with Crippen LogP contribution in [-0.4, -0.2) is 38.7 Å². The van der Waals surface area contributed by atoms with Gasteiger partial charge in [0.1, 0.15) is 6.61 Å². The van der Waals surface area contributed by atoms with Crippen molar-refractivity contribution in [3.63, 3.8) is 0 Å². The lowest BCUT2D eigenvalue weighted by atomic mass is 10.1. The van der Waals surface area contributed by atoms with Crippen LogP contribution < -0.4 is 5.48 Å².